The van der Waals surface area contributed by atoms with E-state index < -0.39 is 11.8 Å². The van der Waals surface area contributed by atoms with Gasteiger partial charge in [0.15, 0.2) is 0 Å². The number of hydrogen-bond acceptors (Lipinski definition) is 4. The van der Waals surface area contributed by atoms with Gasteiger partial charge in [-0.15, -0.1) is 0 Å². The van der Waals surface area contributed by atoms with Crippen LogP contribution in [0.4, 0.5) is 9.18 Å². The number of halogens is 1. The Balaban J connectivity index is 3.79. The van der Waals surface area contributed by atoms with Crippen LogP contribution in [0.1, 0.15) is 13.8 Å². The maximum absolute atomic E-state index is 13.7. The molecule has 2 atom stereocenters. The standard InChI is InChI=1S/C10H22FN2O3P/c1-10(2,8(11)7-13-9(14)17)16-6-5-15-4-3-12/h8H,3-7,12,17H2,1-2H3,(H,13,14). The monoisotopic (exact) mass is 268 g/mol. The summed E-state index contributed by atoms with van der Waals surface area (Å²) >= 11 is 0. The molecule has 0 rings (SSSR count). The lowest BCUT2D eigenvalue weighted by Gasteiger charge is -2.29. The van der Waals surface area contributed by atoms with Crippen molar-refractivity contribution in [2.45, 2.75) is 25.6 Å². The van der Waals surface area contributed by atoms with Gasteiger partial charge < -0.3 is 20.5 Å². The molecule has 0 aromatic rings. The third kappa shape index (κ3) is 8.44. The molecular formula is C10H22FN2O3P. The summed E-state index contributed by atoms with van der Waals surface area (Å²) < 4.78 is 24.2. The van der Waals surface area contributed by atoms with Crippen LogP contribution in [0.15, 0.2) is 0 Å². The molecule has 0 heterocycles. The predicted molar refractivity (Wildman–Crippen MR) is 67.9 cm³/mol. The van der Waals surface area contributed by atoms with Crippen LogP contribution in [-0.2, 0) is 9.47 Å². The van der Waals surface area contributed by atoms with E-state index in [0.717, 1.165) is 0 Å². The van der Waals surface area contributed by atoms with E-state index in [0.29, 0.717) is 26.4 Å². The molecule has 7 heteroatoms. The molecule has 3 N–H and O–H groups in total. The van der Waals surface area contributed by atoms with Gasteiger partial charge in [-0.2, -0.15) is 0 Å². The summed E-state index contributed by atoms with van der Waals surface area (Å²) in [5.41, 5.74) is 3.95. The maximum atomic E-state index is 13.7. The van der Waals surface area contributed by atoms with Gasteiger partial charge in [0, 0.05) is 6.54 Å². The zero-order valence-electron chi connectivity index (χ0n) is 10.4. The summed E-state index contributed by atoms with van der Waals surface area (Å²) in [5, 5.41) is 2.38. The number of carbonyl (C=O) groups excluding carboxylic acids is 1. The summed E-state index contributed by atoms with van der Waals surface area (Å²) in [6.45, 7) is 4.79. The Morgan fingerprint density at radius 1 is 1.47 bits per heavy atom. The highest BCUT2D eigenvalue weighted by Crippen LogP contribution is 2.17. The largest absolute Gasteiger partial charge is 0.378 e. The molecule has 0 aliphatic carbocycles. The van der Waals surface area contributed by atoms with Crippen LogP contribution in [0.3, 0.4) is 0 Å². The zero-order chi connectivity index (χ0) is 13.3. The van der Waals surface area contributed by atoms with Crippen LogP contribution in [-0.4, -0.2) is 50.3 Å². The average Bonchev–Trinajstić information content (AvgIpc) is 2.25. The topological polar surface area (TPSA) is 73.6 Å². The number of alkyl halides is 1. The first-order valence-electron chi connectivity index (χ1n) is 5.49. The zero-order valence-corrected chi connectivity index (χ0v) is 11.5. The smallest absolute Gasteiger partial charge is 0.234 e. The molecule has 0 fully saturated rings. The second kappa shape index (κ2) is 8.75. The Labute approximate surface area is 104 Å². The molecule has 0 saturated heterocycles. The lowest BCUT2D eigenvalue weighted by molar-refractivity contribution is -0.0856. The van der Waals surface area contributed by atoms with Gasteiger partial charge in [-0.3, -0.25) is 4.79 Å². The Bertz CT molecular complexity index is 230. The molecular weight excluding hydrogens is 246 g/mol. The van der Waals surface area contributed by atoms with Gasteiger partial charge in [-0.05, 0) is 23.1 Å². The van der Waals surface area contributed by atoms with Crippen LogP contribution in [0.25, 0.3) is 0 Å². The number of rotatable bonds is 9. The molecule has 0 bridgehead atoms. The van der Waals surface area contributed by atoms with E-state index in [1.807, 2.05) is 9.24 Å². The summed E-state index contributed by atoms with van der Waals surface area (Å²) in [6.07, 6.45) is -1.28. The molecule has 1 amide bonds. The van der Waals surface area contributed by atoms with Crippen LogP contribution >= 0.6 is 9.24 Å². The van der Waals surface area contributed by atoms with E-state index in [1.165, 1.54) is 0 Å². The van der Waals surface area contributed by atoms with Crippen LogP contribution in [0.2, 0.25) is 0 Å². The Morgan fingerprint density at radius 3 is 2.65 bits per heavy atom. The van der Waals surface area contributed by atoms with E-state index in [-0.39, 0.29) is 12.2 Å². The van der Waals surface area contributed by atoms with Crippen molar-refractivity contribution >= 4 is 14.9 Å². The minimum absolute atomic E-state index is 0.0704. The Morgan fingerprint density at radius 2 is 2.12 bits per heavy atom. The first-order chi connectivity index (χ1) is 7.90. The minimum atomic E-state index is -1.28. The van der Waals surface area contributed by atoms with E-state index in [9.17, 15) is 9.18 Å². The lowest BCUT2D eigenvalue weighted by Crippen LogP contribution is -2.43. The van der Waals surface area contributed by atoms with Crippen LogP contribution in [0, 0.1) is 0 Å². The maximum Gasteiger partial charge on any atom is 0.234 e. The third-order valence-corrected chi connectivity index (χ3v) is 2.38. The van der Waals surface area contributed by atoms with Crippen molar-refractivity contribution in [1.82, 2.24) is 5.32 Å². The molecule has 5 nitrogen and oxygen atoms in total. The van der Waals surface area contributed by atoms with Crippen molar-refractivity contribution in [3.05, 3.63) is 0 Å². The van der Waals surface area contributed by atoms with Crippen molar-refractivity contribution in [2.75, 3.05) is 32.9 Å². The second-order valence-corrected chi connectivity index (χ2v) is 4.59. The highest BCUT2D eigenvalue weighted by molar-refractivity contribution is 7.39. The van der Waals surface area contributed by atoms with Crippen molar-refractivity contribution in [3.63, 3.8) is 0 Å². The van der Waals surface area contributed by atoms with Gasteiger partial charge in [0.1, 0.15) is 6.17 Å². The van der Waals surface area contributed by atoms with Gasteiger partial charge in [-0.25, -0.2) is 4.39 Å². The molecule has 0 saturated carbocycles. The lowest BCUT2D eigenvalue weighted by atomic mass is 10.0. The van der Waals surface area contributed by atoms with Crippen LogP contribution in [0.5, 0.6) is 0 Å². The fourth-order valence-electron chi connectivity index (χ4n) is 1.08. The van der Waals surface area contributed by atoms with Gasteiger partial charge in [0.05, 0.1) is 32.0 Å². The highest BCUT2D eigenvalue weighted by atomic mass is 31.0. The molecule has 0 aromatic carbocycles. The van der Waals surface area contributed by atoms with Crippen LogP contribution < -0.4 is 11.1 Å². The molecule has 0 aliphatic rings. The Hall–Kier alpha value is -0.290. The summed E-state index contributed by atoms with van der Waals surface area (Å²) in [5.74, 6) is 0. The summed E-state index contributed by atoms with van der Waals surface area (Å²) in [4.78, 5) is 10.6. The fraction of sp³-hybridized carbons (Fsp3) is 0.900. The third-order valence-electron chi connectivity index (χ3n) is 2.17. The molecule has 17 heavy (non-hydrogen) atoms. The normalized spacial score (nSPS) is 13.5. The molecule has 0 aromatic heterocycles. The number of ether oxygens (including phenoxy) is 2. The SMILES string of the molecule is CC(C)(OCCOCCN)C(F)CNC(=O)P. The van der Waals surface area contributed by atoms with E-state index in [2.05, 4.69) is 5.32 Å². The second-order valence-electron chi connectivity index (χ2n) is 4.07. The Kier molecular flexibility index (Phi) is 8.60. The molecule has 2 unspecified atom stereocenters. The summed E-state index contributed by atoms with van der Waals surface area (Å²) in [6, 6.07) is 0. The van der Waals surface area contributed by atoms with E-state index in [4.69, 9.17) is 15.2 Å². The average molecular weight is 268 g/mol. The number of amides is 1. The fourth-order valence-corrected chi connectivity index (χ4v) is 1.19. The highest BCUT2D eigenvalue weighted by Gasteiger charge is 2.30. The van der Waals surface area contributed by atoms with Crippen molar-refractivity contribution in [2.24, 2.45) is 5.73 Å². The molecule has 0 aliphatic heterocycles. The first kappa shape index (κ1) is 16.7. The summed E-state index contributed by atoms with van der Waals surface area (Å²) in [7, 11) is 1.93. The predicted octanol–water partition coefficient (Wildman–Crippen LogP) is 0.680. The quantitative estimate of drug-likeness (QED) is 0.476. The first-order valence-corrected chi connectivity index (χ1v) is 6.07. The number of nitrogens with one attached hydrogen (secondary N) is 1. The van der Waals surface area contributed by atoms with Crippen molar-refractivity contribution in [3.8, 4) is 0 Å². The molecule has 0 spiro atoms. The molecule has 0 radical (unpaired) electrons. The van der Waals surface area contributed by atoms with Gasteiger partial charge in [0.25, 0.3) is 0 Å². The number of carbonyl (C=O) groups is 1. The minimum Gasteiger partial charge on any atom is -0.378 e. The number of nitrogens with two attached hydrogens (primary N) is 1. The number of hydrogen-bond donors (Lipinski definition) is 2. The van der Waals surface area contributed by atoms with Crippen molar-refractivity contribution in [1.29, 1.82) is 0 Å². The van der Waals surface area contributed by atoms with Crippen molar-refractivity contribution < 1.29 is 18.7 Å². The van der Waals surface area contributed by atoms with Gasteiger partial charge in [-0.1, -0.05) is 0 Å². The van der Waals surface area contributed by atoms with Gasteiger partial charge in [0.2, 0.25) is 5.65 Å². The van der Waals surface area contributed by atoms with E-state index in [1.54, 1.807) is 13.8 Å². The van der Waals surface area contributed by atoms with Gasteiger partial charge >= 0.3 is 0 Å². The molecule has 102 valence electrons. The van der Waals surface area contributed by atoms with E-state index >= 15 is 0 Å².